The Kier molecular flexibility index (Phi) is 3.19. The molecular weight excluding hydrogens is 256 g/mol. The van der Waals surface area contributed by atoms with Crippen molar-refractivity contribution in [2.24, 2.45) is 0 Å². The molecule has 0 unspecified atom stereocenters. The minimum absolute atomic E-state index is 0.633. The Balaban J connectivity index is 1.96. The monoisotopic (exact) mass is 276 g/mol. The molecule has 0 radical (unpaired) electrons. The Bertz CT molecular complexity index is 615. The number of rotatable bonds is 4. The van der Waals surface area contributed by atoms with E-state index in [0.717, 1.165) is 35.2 Å². The quantitative estimate of drug-likeness (QED) is 0.933. The summed E-state index contributed by atoms with van der Waals surface area (Å²) in [6, 6.07) is 0.734. The van der Waals surface area contributed by atoms with E-state index in [-0.39, 0.29) is 0 Å². The molecule has 0 aliphatic heterocycles. The van der Waals surface area contributed by atoms with E-state index in [9.17, 15) is 0 Å². The smallest absolute Gasteiger partial charge is 0.146 e. The molecule has 0 amide bonds. The second-order valence-electron chi connectivity index (χ2n) is 5.28. The van der Waals surface area contributed by atoms with Crippen molar-refractivity contribution in [2.45, 2.75) is 46.2 Å². The van der Waals surface area contributed by atoms with Crippen LogP contribution in [0.25, 0.3) is 10.2 Å². The molecule has 1 saturated carbocycles. The van der Waals surface area contributed by atoms with Gasteiger partial charge in [-0.3, -0.25) is 4.90 Å². The Morgan fingerprint density at radius 2 is 2.05 bits per heavy atom. The highest BCUT2D eigenvalue weighted by Gasteiger charge is 2.28. The first kappa shape index (κ1) is 12.8. The highest BCUT2D eigenvalue weighted by molar-refractivity contribution is 7.18. The third-order valence-electron chi connectivity index (χ3n) is 3.92. The summed E-state index contributed by atoms with van der Waals surface area (Å²) in [4.78, 5) is 14.0. The second-order valence-corrected chi connectivity index (χ2v) is 6.49. The van der Waals surface area contributed by atoms with Crippen LogP contribution in [0.15, 0.2) is 0 Å². The lowest BCUT2D eigenvalue weighted by Gasteiger charge is -2.18. The minimum atomic E-state index is 0.633. The van der Waals surface area contributed by atoms with Crippen LogP contribution in [0, 0.1) is 13.8 Å². The predicted molar refractivity (Wildman–Crippen MR) is 80.4 cm³/mol. The SMILES string of the molecule is CCN(Cc1nc(N)c2c(C)c(C)sc2n1)C1CC1. The van der Waals surface area contributed by atoms with Crippen LogP contribution in [0.5, 0.6) is 0 Å². The van der Waals surface area contributed by atoms with Gasteiger partial charge in [0.15, 0.2) is 0 Å². The average molecular weight is 276 g/mol. The first-order chi connectivity index (χ1) is 9.10. The zero-order valence-electron chi connectivity index (χ0n) is 11.7. The van der Waals surface area contributed by atoms with Crippen LogP contribution in [-0.2, 0) is 6.54 Å². The van der Waals surface area contributed by atoms with Gasteiger partial charge in [-0.1, -0.05) is 6.92 Å². The standard InChI is InChI=1S/C14H20N4S/c1-4-18(10-5-6-10)7-11-16-13(15)12-8(2)9(3)19-14(12)17-11/h10H,4-7H2,1-3H3,(H2,15,16,17). The maximum absolute atomic E-state index is 6.12. The highest BCUT2D eigenvalue weighted by atomic mass is 32.1. The summed E-state index contributed by atoms with van der Waals surface area (Å²) in [6.07, 6.45) is 2.62. The van der Waals surface area contributed by atoms with Crippen LogP contribution in [0.3, 0.4) is 0 Å². The van der Waals surface area contributed by atoms with Gasteiger partial charge in [-0.15, -0.1) is 11.3 Å². The van der Waals surface area contributed by atoms with Crippen LogP contribution in [-0.4, -0.2) is 27.5 Å². The number of anilines is 1. The molecule has 0 atom stereocenters. The molecule has 5 heteroatoms. The van der Waals surface area contributed by atoms with Crippen molar-refractivity contribution in [1.29, 1.82) is 0 Å². The van der Waals surface area contributed by atoms with Crippen molar-refractivity contribution in [3.63, 3.8) is 0 Å². The molecular formula is C14H20N4S. The molecule has 0 aromatic carbocycles. The first-order valence-electron chi connectivity index (χ1n) is 6.86. The maximum atomic E-state index is 6.12. The van der Waals surface area contributed by atoms with E-state index in [0.29, 0.717) is 5.82 Å². The fraction of sp³-hybridized carbons (Fsp3) is 0.571. The molecule has 4 nitrogen and oxygen atoms in total. The Morgan fingerprint density at radius 3 is 2.68 bits per heavy atom. The Labute approximate surface area is 117 Å². The molecule has 19 heavy (non-hydrogen) atoms. The maximum Gasteiger partial charge on any atom is 0.146 e. The van der Waals surface area contributed by atoms with Gasteiger partial charge in [0.1, 0.15) is 16.5 Å². The van der Waals surface area contributed by atoms with E-state index < -0.39 is 0 Å². The lowest BCUT2D eigenvalue weighted by Crippen LogP contribution is -2.26. The fourth-order valence-corrected chi connectivity index (χ4v) is 3.57. The Morgan fingerprint density at radius 1 is 1.32 bits per heavy atom. The van der Waals surface area contributed by atoms with Gasteiger partial charge in [-0.25, -0.2) is 9.97 Å². The topological polar surface area (TPSA) is 55.0 Å². The normalized spacial score (nSPS) is 15.6. The molecule has 1 fully saturated rings. The van der Waals surface area contributed by atoms with Crippen molar-refractivity contribution in [3.8, 4) is 0 Å². The summed E-state index contributed by atoms with van der Waals surface area (Å²) in [5, 5.41) is 1.04. The third kappa shape index (κ3) is 2.32. The molecule has 102 valence electrons. The van der Waals surface area contributed by atoms with Crippen molar-refractivity contribution >= 4 is 27.4 Å². The number of thiophene rings is 1. The molecule has 2 aromatic heterocycles. The average Bonchev–Trinajstić information content (AvgIpc) is 3.15. The molecule has 1 aliphatic carbocycles. The van der Waals surface area contributed by atoms with Gasteiger partial charge in [0.25, 0.3) is 0 Å². The number of nitrogens with zero attached hydrogens (tertiary/aromatic N) is 3. The van der Waals surface area contributed by atoms with E-state index >= 15 is 0 Å². The largest absolute Gasteiger partial charge is 0.383 e. The van der Waals surface area contributed by atoms with Crippen molar-refractivity contribution < 1.29 is 0 Å². The second kappa shape index (κ2) is 4.72. The van der Waals surface area contributed by atoms with E-state index in [1.807, 2.05) is 0 Å². The molecule has 3 rings (SSSR count). The van der Waals surface area contributed by atoms with E-state index in [1.54, 1.807) is 11.3 Å². The van der Waals surface area contributed by atoms with Crippen molar-refractivity contribution in [1.82, 2.24) is 14.9 Å². The molecule has 2 N–H and O–H groups in total. The van der Waals surface area contributed by atoms with Gasteiger partial charge >= 0.3 is 0 Å². The molecule has 1 aliphatic rings. The molecule has 2 aromatic rings. The summed E-state index contributed by atoms with van der Waals surface area (Å²) in [6.45, 7) is 8.27. The lowest BCUT2D eigenvalue weighted by atomic mass is 10.2. The van der Waals surface area contributed by atoms with Gasteiger partial charge in [0, 0.05) is 10.9 Å². The minimum Gasteiger partial charge on any atom is -0.383 e. The fourth-order valence-electron chi connectivity index (χ4n) is 2.52. The predicted octanol–water partition coefficient (Wildman–Crippen LogP) is 2.87. The van der Waals surface area contributed by atoms with Crippen LogP contribution < -0.4 is 5.73 Å². The van der Waals surface area contributed by atoms with Crippen LogP contribution in [0.2, 0.25) is 0 Å². The van der Waals surface area contributed by atoms with Gasteiger partial charge in [-0.05, 0) is 38.8 Å². The van der Waals surface area contributed by atoms with E-state index in [4.69, 9.17) is 10.7 Å². The lowest BCUT2D eigenvalue weighted by molar-refractivity contribution is 0.263. The van der Waals surface area contributed by atoms with Gasteiger partial charge < -0.3 is 5.73 Å². The van der Waals surface area contributed by atoms with Gasteiger partial charge in [0.2, 0.25) is 0 Å². The van der Waals surface area contributed by atoms with Crippen molar-refractivity contribution in [3.05, 3.63) is 16.3 Å². The third-order valence-corrected chi connectivity index (χ3v) is 5.02. The van der Waals surface area contributed by atoms with Crippen LogP contribution >= 0.6 is 11.3 Å². The number of aromatic nitrogens is 2. The van der Waals surface area contributed by atoms with Crippen LogP contribution in [0.1, 0.15) is 36.0 Å². The number of hydrogen-bond donors (Lipinski definition) is 1. The zero-order chi connectivity index (χ0) is 13.6. The van der Waals surface area contributed by atoms with E-state index in [1.165, 1.54) is 23.3 Å². The summed E-state index contributed by atoms with van der Waals surface area (Å²) in [7, 11) is 0. The number of fused-ring (bicyclic) bond motifs is 1. The van der Waals surface area contributed by atoms with Gasteiger partial charge in [0.05, 0.1) is 11.9 Å². The van der Waals surface area contributed by atoms with Gasteiger partial charge in [-0.2, -0.15) is 0 Å². The summed E-state index contributed by atoms with van der Waals surface area (Å²) in [5.41, 5.74) is 7.34. The summed E-state index contributed by atoms with van der Waals surface area (Å²) in [5.74, 6) is 1.49. The first-order valence-corrected chi connectivity index (χ1v) is 7.68. The van der Waals surface area contributed by atoms with Crippen LogP contribution in [0.4, 0.5) is 5.82 Å². The molecule has 0 spiro atoms. The number of aryl methyl sites for hydroxylation is 2. The number of nitrogen functional groups attached to an aromatic ring is 1. The summed E-state index contributed by atoms with van der Waals surface area (Å²) >= 11 is 1.72. The number of nitrogens with two attached hydrogens (primary N) is 1. The zero-order valence-corrected chi connectivity index (χ0v) is 12.5. The molecule has 0 saturated heterocycles. The summed E-state index contributed by atoms with van der Waals surface area (Å²) < 4.78 is 0. The van der Waals surface area contributed by atoms with Crippen molar-refractivity contribution in [2.75, 3.05) is 12.3 Å². The number of hydrogen-bond acceptors (Lipinski definition) is 5. The molecule has 2 heterocycles. The van der Waals surface area contributed by atoms with E-state index in [2.05, 4.69) is 30.7 Å². The highest BCUT2D eigenvalue weighted by Crippen LogP contribution is 2.33. The molecule has 0 bridgehead atoms. The Hall–Kier alpha value is -1.20.